The van der Waals surface area contributed by atoms with E-state index in [1.54, 1.807) is 31.3 Å². The van der Waals surface area contributed by atoms with Crippen LogP contribution in [0, 0.1) is 5.82 Å². The van der Waals surface area contributed by atoms with E-state index in [1.807, 2.05) is 12.1 Å². The second kappa shape index (κ2) is 13.0. The zero-order valence-corrected chi connectivity index (χ0v) is 21.6. The van der Waals surface area contributed by atoms with Gasteiger partial charge in [0.1, 0.15) is 27.5 Å². The van der Waals surface area contributed by atoms with E-state index in [-0.39, 0.29) is 29.9 Å². The molecule has 2 aromatic carbocycles. The molecule has 33 heavy (non-hydrogen) atoms. The van der Waals surface area contributed by atoms with Crippen LogP contribution in [0.5, 0.6) is 11.5 Å². The van der Waals surface area contributed by atoms with E-state index in [0.29, 0.717) is 28.7 Å². The van der Waals surface area contributed by atoms with Crippen molar-refractivity contribution in [3.05, 3.63) is 42.2 Å². The quantitative estimate of drug-likeness (QED) is 0.322. The van der Waals surface area contributed by atoms with E-state index in [4.69, 9.17) is 14.5 Å². The molecule has 6 nitrogen and oxygen atoms in total. The Morgan fingerprint density at radius 2 is 1.67 bits per heavy atom. The number of amides is 1. The Morgan fingerprint density at radius 1 is 1.03 bits per heavy atom. The minimum absolute atomic E-state index is 0. The summed E-state index contributed by atoms with van der Waals surface area (Å²) in [6.45, 7) is 7.29. The number of carbonyl (C=O) groups is 1. The van der Waals surface area contributed by atoms with Crippen LogP contribution in [0.4, 0.5) is 9.52 Å². The number of anilines is 1. The van der Waals surface area contributed by atoms with Gasteiger partial charge in [-0.2, -0.15) is 0 Å². The highest BCUT2D eigenvalue weighted by atomic mass is 35.5. The van der Waals surface area contributed by atoms with E-state index in [1.165, 1.54) is 35.2 Å². The smallest absolute Gasteiger partial charge is 0.239 e. The summed E-state index contributed by atoms with van der Waals surface area (Å²) in [5.41, 5.74) is 0.679. The van der Waals surface area contributed by atoms with Gasteiger partial charge in [-0.15, -0.1) is 24.2 Å². The van der Waals surface area contributed by atoms with Gasteiger partial charge in [-0.05, 0) is 49.5 Å². The largest absolute Gasteiger partial charge is 0.495 e. The lowest BCUT2D eigenvalue weighted by molar-refractivity contribution is -0.116. The Bertz CT molecular complexity index is 1000. The first-order chi connectivity index (χ1) is 15.5. The van der Waals surface area contributed by atoms with Gasteiger partial charge in [-0.25, -0.2) is 9.37 Å². The Kier molecular flexibility index (Phi) is 10.7. The van der Waals surface area contributed by atoms with Crippen molar-refractivity contribution in [1.82, 2.24) is 9.88 Å². The van der Waals surface area contributed by atoms with E-state index >= 15 is 0 Å². The second-order valence-corrected chi connectivity index (χ2v) is 8.99. The third kappa shape index (κ3) is 6.72. The number of fused-ring (bicyclic) bond motifs is 1. The Morgan fingerprint density at radius 3 is 2.27 bits per heavy atom. The third-order valence-corrected chi connectivity index (χ3v) is 7.23. The van der Waals surface area contributed by atoms with Gasteiger partial charge in [0.05, 0.1) is 20.0 Å². The fraction of sp³-hybridized carbons (Fsp3) is 0.391. The number of halogens is 2. The Balaban J connectivity index is 0.00000385. The zero-order valence-electron chi connectivity index (χ0n) is 19.2. The molecule has 3 aromatic rings. The second-order valence-electron chi connectivity index (χ2n) is 6.96. The zero-order chi connectivity index (χ0) is 23.1. The normalized spacial score (nSPS) is 10.8. The first-order valence-electron chi connectivity index (χ1n) is 10.4. The lowest BCUT2D eigenvalue weighted by atomic mass is 10.3. The van der Waals surface area contributed by atoms with Gasteiger partial charge in [-0.3, -0.25) is 9.69 Å². The molecular formula is C23H29ClFN3O3S2. The topological polar surface area (TPSA) is 54.9 Å². The number of ether oxygens (including phenoxy) is 2. The molecule has 1 heterocycles. The monoisotopic (exact) mass is 513 g/mol. The lowest BCUT2D eigenvalue weighted by Crippen LogP contribution is -2.39. The Labute approximate surface area is 208 Å². The average molecular weight is 514 g/mol. The molecule has 0 radical (unpaired) electrons. The maximum absolute atomic E-state index is 13.3. The molecule has 0 aliphatic heterocycles. The van der Waals surface area contributed by atoms with Gasteiger partial charge >= 0.3 is 0 Å². The average Bonchev–Trinajstić information content (AvgIpc) is 3.26. The molecular weight excluding hydrogens is 485 g/mol. The van der Waals surface area contributed by atoms with Crippen molar-refractivity contribution in [3.63, 3.8) is 0 Å². The molecule has 0 spiro atoms. The molecule has 0 saturated heterocycles. The van der Waals surface area contributed by atoms with Crippen molar-refractivity contribution in [3.8, 4) is 11.5 Å². The molecule has 0 fully saturated rings. The van der Waals surface area contributed by atoms with E-state index in [2.05, 4.69) is 18.7 Å². The number of rotatable bonds is 11. The maximum Gasteiger partial charge on any atom is 0.239 e. The SMILES string of the molecule is CCN(CC)CCN(C(=O)CSc1ccc(F)cc1)c1nc2c(OC)ccc(OC)c2s1.Cl. The molecule has 0 unspecified atom stereocenters. The number of likely N-dealkylation sites (N-methyl/N-ethyl adjacent to an activating group) is 1. The Hall–Kier alpha value is -2.07. The van der Waals surface area contributed by atoms with Crippen molar-refractivity contribution >= 4 is 56.8 Å². The van der Waals surface area contributed by atoms with Crippen LogP contribution in [-0.4, -0.2) is 61.9 Å². The molecule has 1 amide bonds. The number of hydrogen-bond acceptors (Lipinski definition) is 7. The highest BCUT2D eigenvalue weighted by Crippen LogP contribution is 2.40. The minimum atomic E-state index is -0.293. The molecule has 0 saturated carbocycles. The predicted molar refractivity (Wildman–Crippen MR) is 137 cm³/mol. The van der Waals surface area contributed by atoms with Crippen LogP contribution in [-0.2, 0) is 4.79 Å². The number of nitrogens with zero attached hydrogens (tertiary/aromatic N) is 3. The highest BCUT2D eigenvalue weighted by Gasteiger charge is 2.23. The van der Waals surface area contributed by atoms with E-state index < -0.39 is 0 Å². The first-order valence-corrected chi connectivity index (χ1v) is 12.2. The number of carbonyl (C=O) groups excluding carboxylic acids is 1. The number of aromatic nitrogens is 1. The molecule has 0 aliphatic rings. The summed E-state index contributed by atoms with van der Waals surface area (Å²) < 4.78 is 25.0. The molecule has 0 N–H and O–H groups in total. The van der Waals surface area contributed by atoms with Crippen molar-refractivity contribution in [2.45, 2.75) is 18.7 Å². The van der Waals surface area contributed by atoms with Gasteiger partial charge in [0.15, 0.2) is 5.13 Å². The molecule has 1 aromatic heterocycles. The van der Waals surface area contributed by atoms with Crippen molar-refractivity contribution in [1.29, 1.82) is 0 Å². The van der Waals surface area contributed by atoms with Crippen LogP contribution in [0.25, 0.3) is 10.2 Å². The predicted octanol–water partition coefficient (Wildman–Crippen LogP) is 5.34. The first kappa shape index (κ1) is 27.2. The van der Waals surface area contributed by atoms with Crippen LogP contribution in [0.15, 0.2) is 41.3 Å². The number of benzene rings is 2. The van der Waals surface area contributed by atoms with Crippen LogP contribution in [0.3, 0.4) is 0 Å². The summed E-state index contributed by atoms with van der Waals surface area (Å²) in [5.74, 6) is 1.22. The van der Waals surface area contributed by atoms with Gasteiger partial charge in [0.2, 0.25) is 5.91 Å². The van der Waals surface area contributed by atoms with Gasteiger partial charge < -0.3 is 14.4 Å². The number of hydrogen-bond donors (Lipinski definition) is 0. The minimum Gasteiger partial charge on any atom is -0.495 e. The van der Waals surface area contributed by atoms with E-state index in [0.717, 1.165) is 29.2 Å². The molecule has 180 valence electrons. The molecule has 0 aliphatic carbocycles. The summed E-state index contributed by atoms with van der Waals surface area (Å²) in [5, 5.41) is 0.611. The number of thioether (sulfide) groups is 1. The van der Waals surface area contributed by atoms with Crippen LogP contribution < -0.4 is 14.4 Å². The summed E-state index contributed by atoms with van der Waals surface area (Å²) in [6, 6.07) is 9.82. The summed E-state index contributed by atoms with van der Waals surface area (Å²) in [6.07, 6.45) is 0. The van der Waals surface area contributed by atoms with Crippen LogP contribution in [0.1, 0.15) is 13.8 Å². The van der Waals surface area contributed by atoms with Crippen molar-refractivity contribution in [2.24, 2.45) is 0 Å². The van der Waals surface area contributed by atoms with Crippen molar-refractivity contribution in [2.75, 3.05) is 51.1 Å². The van der Waals surface area contributed by atoms with Gasteiger partial charge in [0.25, 0.3) is 0 Å². The number of methoxy groups -OCH3 is 2. The maximum atomic E-state index is 13.3. The summed E-state index contributed by atoms with van der Waals surface area (Å²) in [7, 11) is 3.21. The molecule has 0 bridgehead atoms. The van der Waals surface area contributed by atoms with Crippen molar-refractivity contribution < 1.29 is 18.7 Å². The van der Waals surface area contributed by atoms with Crippen LogP contribution >= 0.6 is 35.5 Å². The fourth-order valence-corrected chi connectivity index (χ4v) is 5.14. The molecule has 0 atom stereocenters. The lowest BCUT2D eigenvalue weighted by Gasteiger charge is -2.24. The highest BCUT2D eigenvalue weighted by molar-refractivity contribution is 8.00. The fourth-order valence-electron chi connectivity index (χ4n) is 3.25. The summed E-state index contributed by atoms with van der Waals surface area (Å²) >= 11 is 2.80. The molecule has 3 rings (SSSR count). The standard InChI is InChI=1S/C23H28FN3O3S2.ClH/c1-5-26(6-2)13-14-27(20(28)15-31-17-9-7-16(24)8-10-17)23-25-21-18(29-3)11-12-19(30-4)22(21)32-23;/h7-12H,5-6,13-15H2,1-4H3;1H. The van der Waals surface area contributed by atoms with Gasteiger partial charge in [-0.1, -0.05) is 25.2 Å². The van der Waals surface area contributed by atoms with Gasteiger partial charge in [0, 0.05) is 18.0 Å². The summed E-state index contributed by atoms with van der Waals surface area (Å²) in [4.78, 5) is 22.9. The number of thiazole rings is 1. The molecule has 10 heteroatoms. The third-order valence-electron chi connectivity index (χ3n) is 5.14. The van der Waals surface area contributed by atoms with E-state index in [9.17, 15) is 9.18 Å². The van der Waals surface area contributed by atoms with Crippen LogP contribution in [0.2, 0.25) is 0 Å².